The fourth-order valence-corrected chi connectivity index (χ4v) is 5.37. The highest BCUT2D eigenvalue weighted by molar-refractivity contribution is 7.91. The second kappa shape index (κ2) is 5.62. The first-order chi connectivity index (χ1) is 11.6. The van der Waals surface area contributed by atoms with Crippen molar-refractivity contribution in [2.45, 2.75) is 39.0 Å². The summed E-state index contributed by atoms with van der Waals surface area (Å²) in [6.45, 7) is 6.83. The maximum atomic E-state index is 13.1. The van der Waals surface area contributed by atoms with Crippen LogP contribution in [0.4, 0.5) is 0 Å². The molecule has 0 bridgehead atoms. The molecule has 0 spiro atoms. The molecule has 0 saturated carbocycles. The van der Waals surface area contributed by atoms with Crippen molar-refractivity contribution in [3.8, 4) is 0 Å². The minimum absolute atomic E-state index is 0.0102. The van der Waals surface area contributed by atoms with E-state index in [4.69, 9.17) is 0 Å². The summed E-state index contributed by atoms with van der Waals surface area (Å²) in [5.74, 6) is -0.653. The average molecular weight is 360 g/mol. The fourth-order valence-electron chi connectivity index (χ4n) is 3.55. The molecular formula is C18H20N2O4S. The Morgan fingerprint density at radius 3 is 2.40 bits per heavy atom. The van der Waals surface area contributed by atoms with Crippen LogP contribution in [0.25, 0.3) is 0 Å². The third-order valence-electron chi connectivity index (χ3n) is 4.90. The summed E-state index contributed by atoms with van der Waals surface area (Å²) in [5.41, 5.74) is 3.21. The number of nitrogens with zero attached hydrogens (tertiary/aromatic N) is 2. The number of sulfone groups is 1. The second-order valence-electron chi connectivity index (χ2n) is 6.56. The molecule has 1 aliphatic rings. The quantitative estimate of drug-likeness (QED) is 0.767. The van der Waals surface area contributed by atoms with E-state index in [2.05, 4.69) is 5.10 Å². The van der Waals surface area contributed by atoms with Gasteiger partial charge in [0, 0.05) is 30.3 Å². The van der Waals surface area contributed by atoms with Crippen molar-refractivity contribution >= 4 is 21.4 Å². The van der Waals surface area contributed by atoms with Crippen LogP contribution in [0.15, 0.2) is 11.0 Å². The zero-order valence-corrected chi connectivity index (χ0v) is 15.7. The Hall–Kier alpha value is -2.28. The summed E-state index contributed by atoms with van der Waals surface area (Å²) in [6.07, 6.45) is -0.0102. The third-order valence-corrected chi connectivity index (χ3v) is 6.77. The molecule has 132 valence electrons. The Morgan fingerprint density at radius 1 is 1.20 bits per heavy atom. The van der Waals surface area contributed by atoms with Gasteiger partial charge in [0.2, 0.25) is 0 Å². The van der Waals surface area contributed by atoms with Crippen LogP contribution >= 0.6 is 0 Å². The number of fused-ring (bicyclic) bond motifs is 1. The first-order valence-electron chi connectivity index (χ1n) is 8.01. The molecule has 1 aliphatic heterocycles. The van der Waals surface area contributed by atoms with Gasteiger partial charge in [0.1, 0.15) is 0 Å². The largest absolute Gasteiger partial charge is 0.294 e. The number of ketones is 2. The second-order valence-corrected chi connectivity index (χ2v) is 8.61. The number of hydrogen-bond acceptors (Lipinski definition) is 5. The van der Waals surface area contributed by atoms with Crippen molar-refractivity contribution in [2.75, 3.05) is 5.75 Å². The van der Waals surface area contributed by atoms with Crippen LogP contribution in [-0.4, -0.2) is 35.5 Å². The minimum atomic E-state index is -3.58. The lowest BCUT2D eigenvalue weighted by atomic mass is 9.91. The molecule has 0 atom stereocenters. The summed E-state index contributed by atoms with van der Waals surface area (Å²) in [5, 5.41) is 4.26. The molecule has 7 heteroatoms. The number of carbonyl (C=O) groups excluding carboxylic acids is 2. The lowest BCUT2D eigenvalue weighted by Gasteiger charge is -2.21. The zero-order valence-electron chi connectivity index (χ0n) is 14.9. The van der Waals surface area contributed by atoms with Gasteiger partial charge in [-0.3, -0.25) is 14.3 Å². The summed E-state index contributed by atoms with van der Waals surface area (Å²) in [7, 11) is -1.82. The number of aryl methyl sites for hydroxylation is 3. The maximum absolute atomic E-state index is 13.1. The number of Topliss-reactive ketones (excluding diaryl/α,β-unsaturated/α-hetero) is 1. The summed E-state index contributed by atoms with van der Waals surface area (Å²) in [6, 6.07) is 1.63. The number of benzene rings is 1. The van der Waals surface area contributed by atoms with Crippen LogP contribution < -0.4 is 0 Å². The molecule has 1 aromatic carbocycles. The molecule has 0 amide bonds. The van der Waals surface area contributed by atoms with Crippen molar-refractivity contribution in [1.82, 2.24) is 9.78 Å². The van der Waals surface area contributed by atoms with Crippen LogP contribution in [0.3, 0.4) is 0 Å². The highest BCUT2D eigenvalue weighted by Crippen LogP contribution is 2.34. The highest BCUT2D eigenvalue weighted by atomic mass is 32.2. The Balaban J connectivity index is 2.31. The molecule has 0 saturated heterocycles. The minimum Gasteiger partial charge on any atom is -0.294 e. The maximum Gasteiger partial charge on any atom is 0.197 e. The number of rotatable bonds is 2. The van der Waals surface area contributed by atoms with Crippen molar-refractivity contribution in [1.29, 1.82) is 0 Å². The summed E-state index contributed by atoms with van der Waals surface area (Å²) in [4.78, 5) is 25.4. The summed E-state index contributed by atoms with van der Waals surface area (Å²) >= 11 is 0. The fraction of sp³-hybridized carbons (Fsp3) is 0.389. The van der Waals surface area contributed by atoms with Crippen molar-refractivity contribution in [3.63, 3.8) is 0 Å². The van der Waals surface area contributed by atoms with Gasteiger partial charge in [-0.2, -0.15) is 5.10 Å². The molecule has 2 heterocycles. The van der Waals surface area contributed by atoms with E-state index in [9.17, 15) is 18.0 Å². The van der Waals surface area contributed by atoms with E-state index < -0.39 is 9.84 Å². The van der Waals surface area contributed by atoms with Gasteiger partial charge in [-0.15, -0.1) is 0 Å². The first kappa shape index (κ1) is 17.5. The normalized spacial score (nSPS) is 16.0. The molecule has 0 radical (unpaired) electrons. The monoisotopic (exact) mass is 360 g/mol. The molecule has 0 fully saturated rings. The first-order valence-corrected chi connectivity index (χ1v) is 9.66. The predicted octanol–water partition coefficient (Wildman–Crippen LogP) is 2.24. The molecule has 0 unspecified atom stereocenters. The summed E-state index contributed by atoms with van der Waals surface area (Å²) < 4.78 is 26.8. The van der Waals surface area contributed by atoms with Gasteiger partial charge in [0.15, 0.2) is 21.4 Å². The van der Waals surface area contributed by atoms with Crippen LogP contribution in [0, 0.1) is 27.7 Å². The van der Waals surface area contributed by atoms with Crippen LogP contribution in [-0.2, 0) is 16.9 Å². The van der Waals surface area contributed by atoms with E-state index in [-0.39, 0.29) is 34.2 Å². The highest BCUT2D eigenvalue weighted by Gasteiger charge is 2.34. The van der Waals surface area contributed by atoms with Gasteiger partial charge in [0.25, 0.3) is 0 Å². The molecule has 0 N–H and O–H groups in total. The standard InChI is InChI=1S/C18H20N2O4S/c1-9-8-13(17(22)16-11(3)19-20(5)12(16)4)10(2)18-15(9)14(21)6-7-25(18,23)24/h8H,6-7H2,1-5H3. The number of hydrogen-bond donors (Lipinski definition) is 0. The molecule has 0 aliphatic carbocycles. The predicted molar refractivity (Wildman–Crippen MR) is 93.0 cm³/mol. The van der Waals surface area contributed by atoms with Gasteiger partial charge in [-0.05, 0) is 44.9 Å². The number of aromatic nitrogens is 2. The van der Waals surface area contributed by atoms with Crippen molar-refractivity contribution in [2.24, 2.45) is 7.05 Å². The molecule has 6 nitrogen and oxygen atoms in total. The van der Waals surface area contributed by atoms with Gasteiger partial charge in [-0.1, -0.05) is 0 Å². The Labute approximate surface area is 146 Å². The number of carbonyl (C=O) groups is 2. The van der Waals surface area contributed by atoms with Crippen LogP contribution in [0.2, 0.25) is 0 Å². The van der Waals surface area contributed by atoms with E-state index in [1.807, 2.05) is 0 Å². The topological polar surface area (TPSA) is 86.1 Å². The lowest BCUT2D eigenvalue weighted by molar-refractivity contribution is 0.0979. The average Bonchev–Trinajstić information content (AvgIpc) is 2.77. The van der Waals surface area contributed by atoms with Gasteiger partial charge < -0.3 is 0 Å². The lowest BCUT2D eigenvalue weighted by Crippen LogP contribution is -2.25. The van der Waals surface area contributed by atoms with Gasteiger partial charge in [0.05, 0.1) is 21.9 Å². The SMILES string of the molecule is Cc1cc(C(=O)c2c(C)nn(C)c2C)c(C)c2c1C(=O)CCS2(=O)=O. The van der Waals surface area contributed by atoms with E-state index in [1.165, 1.54) is 0 Å². The Morgan fingerprint density at radius 2 is 1.84 bits per heavy atom. The van der Waals surface area contributed by atoms with E-state index >= 15 is 0 Å². The van der Waals surface area contributed by atoms with E-state index in [1.54, 1.807) is 45.5 Å². The smallest absolute Gasteiger partial charge is 0.197 e. The van der Waals surface area contributed by atoms with E-state index in [0.717, 1.165) is 5.69 Å². The molecular weight excluding hydrogens is 340 g/mol. The van der Waals surface area contributed by atoms with E-state index in [0.29, 0.717) is 27.9 Å². The van der Waals surface area contributed by atoms with Crippen molar-refractivity contribution < 1.29 is 18.0 Å². The molecule has 2 aromatic rings. The Kier molecular flexibility index (Phi) is 3.95. The Bertz CT molecular complexity index is 1050. The van der Waals surface area contributed by atoms with Gasteiger partial charge >= 0.3 is 0 Å². The zero-order chi connectivity index (χ0) is 18.7. The molecule has 3 rings (SSSR count). The molecule has 1 aromatic heterocycles. The molecule has 25 heavy (non-hydrogen) atoms. The van der Waals surface area contributed by atoms with Crippen molar-refractivity contribution in [3.05, 3.63) is 45.3 Å². The van der Waals surface area contributed by atoms with Gasteiger partial charge in [-0.25, -0.2) is 8.42 Å². The van der Waals surface area contributed by atoms with Crippen LogP contribution in [0.1, 0.15) is 55.2 Å². The third kappa shape index (κ3) is 2.54. The van der Waals surface area contributed by atoms with Crippen LogP contribution in [0.5, 0.6) is 0 Å².